The number of aromatic nitrogens is 3. The zero-order valence-electron chi connectivity index (χ0n) is 18.4. The standard InChI is InChI=1S/C22H27FN4O4/c1-13-16(14(2)24-21-20(13)22(30-5)26-27(21)3)7-9-19(28)25-15-6-8-18(17(23)12-15)31-11-10-29-4/h6,8,12H,7,9-11H2,1-5H3,(H,25,28). The average Bonchev–Trinajstić information content (AvgIpc) is 3.05. The number of halogens is 1. The van der Waals surface area contributed by atoms with Crippen LogP contribution in [0.3, 0.4) is 0 Å². The number of fused-ring (bicyclic) bond motifs is 1. The number of nitrogens with zero attached hydrogens (tertiary/aromatic N) is 3. The molecule has 0 aliphatic carbocycles. The molecule has 0 unspecified atom stereocenters. The number of ether oxygens (including phenoxy) is 3. The summed E-state index contributed by atoms with van der Waals surface area (Å²) in [6.07, 6.45) is 0.719. The van der Waals surface area contributed by atoms with Crippen molar-refractivity contribution in [2.45, 2.75) is 26.7 Å². The highest BCUT2D eigenvalue weighted by molar-refractivity contribution is 5.91. The van der Waals surface area contributed by atoms with E-state index in [9.17, 15) is 9.18 Å². The maximum absolute atomic E-state index is 14.2. The molecule has 1 N–H and O–H groups in total. The molecule has 0 fully saturated rings. The molecule has 0 radical (unpaired) electrons. The van der Waals surface area contributed by atoms with Gasteiger partial charge in [-0.2, -0.15) is 0 Å². The van der Waals surface area contributed by atoms with E-state index in [2.05, 4.69) is 15.4 Å². The minimum absolute atomic E-state index is 0.117. The molecule has 2 heterocycles. The van der Waals surface area contributed by atoms with Gasteiger partial charge in [0, 0.05) is 38.0 Å². The fourth-order valence-electron chi connectivity index (χ4n) is 3.50. The molecular formula is C22H27FN4O4. The Bertz CT molecular complexity index is 1100. The van der Waals surface area contributed by atoms with Crippen LogP contribution in [0.5, 0.6) is 11.6 Å². The first kappa shape index (κ1) is 22.5. The van der Waals surface area contributed by atoms with Gasteiger partial charge in [-0.15, -0.1) is 5.10 Å². The van der Waals surface area contributed by atoms with Crippen molar-refractivity contribution in [1.29, 1.82) is 0 Å². The molecule has 0 saturated carbocycles. The van der Waals surface area contributed by atoms with Crippen LogP contribution in [-0.4, -0.2) is 48.1 Å². The number of pyridine rings is 1. The summed E-state index contributed by atoms with van der Waals surface area (Å²) in [4.78, 5) is 17.1. The first-order chi connectivity index (χ1) is 14.8. The molecule has 3 rings (SSSR count). The minimum Gasteiger partial charge on any atom is -0.488 e. The lowest BCUT2D eigenvalue weighted by atomic mass is 10.00. The third-order valence-corrected chi connectivity index (χ3v) is 5.08. The van der Waals surface area contributed by atoms with Gasteiger partial charge in [-0.25, -0.2) is 14.1 Å². The number of rotatable bonds is 9. The smallest absolute Gasteiger partial charge is 0.242 e. The van der Waals surface area contributed by atoms with E-state index >= 15 is 0 Å². The summed E-state index contributed by atoms with van der Waals surface area (Å²) in [7, 11) is 4.93. The summed E-state index contributed by atoms with van der Waals surface area (Å²) >= 11 is 0. The lowest BCUT2D eigenvalue weighted by Crippen LogP contribution is -2.14. The van der Waals surface area contributed by atoms with Gasteiger partial charge in [0.2, 0.25) is 11.8 Å². The van der Waals surface area contributed by atoms with Gasteiger partial charge in [-0.05, 0) is 43.5 Å². The van der Waals surface area contributed by atoms with E-state index in [4.69, 9.17) is 14.2 Å². The van der Waals surface area contributed by atoms with Gasteiger partial charge in [-0.1, -0.05) is 0 Å². The first-order valence-corrected chi connectivity index (χ1v) is 9.93. The number of methoxy groups -OCH3 is 2. The fourth-order valence-corrected chi connectivity index (χ4v) is 3.50. The Morgan fingerprint density at radius 3 is 2.68 bits per heavy atom. The van der Waals surface area contributed by atoms with Crippen LogP contribution in [0.25, 0.3) is 11.0 Å². The Labute approximate surface area is 180 Å². The van der Waals surface area contributed by atoms with E-state index in [0.717, 1.165) is 27.9 Å². The van der Waals surface area contributed by atoms with Crippen molar-refractivity contribution in [3.05, 3.63) is 40.8 Å². The number of hydrogen-bond acceptors (Lipinski definition) is 6. The monoisotopic (exact) mass is 430 g/mol. The molecule has 2 aromatic heterocycles. The molecule has 8 nitrogen and oxygen atoms in total. The number of aryl methyl sites for hydroxylation is 3. The Kier molecular flexibility index (Phi) is 7.06. The van der Waals surface area contributed by atoms with Crippen molar-refractivity contribution in [3.8, 4) is 11.6 Å². The number of anilines is 1. The normalized spacial score (nSPS) is 11.0. The Hall–Kier alpha value is -3.20. The minimum atomic E-state index is -0.543. The molecular weight excluding hydrogens is 403 g/mol. The highest BCUT2D eigenvalue weighted by Crippen LogP contribution is 2.30. The molecule has 0 saturated heterocycles. The van der Waals surface area contributed by atoms with Crippen molar-refractivity contribution in [2.75, 3.05) is 32.8 Å². The molecule has 166 valence electrons. The van der Waals surface area contributed by atoms with Crippen LogP contribution in [-0.2, 0) is 23.0 Å². The van der Waals surface area contributed by atoms with Crippen LogP contribution >= 0.6 is 0 Å². The molecule has 1 aromatic carbocycles. The zero-order valence-corrected chi connectivity index (χ0v) is 18.4. The molecule has 31 heavy (non-hydrogen) atoms. The lowest BCUT2D eigenvalue weighted by molar-refractivity contribution is -0.116. The number of carbonyl (C=O) groups is 1. The number of benzene rings is 1. The van der Waals surface area contributed by atoms with Crippen molar-refractivity contribution >= 4 is 22.6 Å². The third-order valence-electron chi connectivity index (χ3n) is 5.08. The van der Waals surface area contributed by atoms with Crippen molar-refractivity contribution in [3.63, 3.8) is 0 Å². The maximum atomic E-state index is 14.2. The summed E-state index contributed by atoms with van der Waals surface area (Å²) in [6.45, 7) is 4.50. The largest absolute Gasteiger partial charge is 0.488 e. The third kappa shape index (κ3) is 4.93. The van der Waals surface area contributed by atoms with E-state index in [1.807, 2.05) is 20.9 Å². The molecule has 1 amide bonds. The quantitative estimate of drug-likeness (QED) is 0.524. The van der Waals surface area contributed by atoms with Crippen LogP contribution in [0.2, 0.25) is 0 Å². The summed E-state index contributed by atoms with van der Waals surface area (Å²) in [6, 6.07) is 4.33. The van der Waals surface area contributed by atoms with Crippen LogP contribution in [0, 0.1) is 19.7 Å². The van der Waals surface area contributed by atoms with E-state index in [-0.39, 0.29) is 24.7 Å². The highest BCUT2D eigenvalue weighted by atomic mass is 19.1. The highest BCUT2D eigenvalue weighted by Gasteiger charge is 2.18. The summed E-state index contributed by atoms with van der Waals surface area (Å²) in [5.41, 5.74) is 3.92. The van der Waals surface area contributed by atoms with Gasteiger partial charge in [-0.3, -0.25) is 4.79 Å². The molecule has 0 aliphatic heterocycles. The second kappa shape index (κ2) is 9.74. The predicted octanol–water partition coefficient (Wildman–Crippen LogP) is 3.33. The second-order valence-corrected chi connectivity index (χ2v) is 7.17. The number of nitrogens with one attached hydrogen (secondary N) is 1. The molecule has 0 aliphatic rings. The molecule has 0 spiro atoms. The van der Waals surface area contributed by atoms with Gasteiger partial charge in [0.05, 0.1) is 19.1 Å². The average molecular weight is 430 g/mol. The molecule has 0 atom stereocenters. The van der Waals surface area contributed by atoms with E-state index in [1.165, 1.54) is 12.1 Å². The molecule has 9 heteroatoms. The molecule has 3 aromatic rings. The van der Waals surface area contributed by atoms with Crippen LogP contribution in [0.15, 0.2) is 18.2 Å². The van der Waals surface area contributed by atoms with Gasteiger partial charge >= 0.3 is 0 Å². The zero-order chi connectivity index (χ0) is 22.5. The van der Waals surface area contributed by atoms with Gasteiger partial charge < -0.3 is 19.5 Å². The lowest BCUT2D eigenvalue weighted by Gasteiger charge is -2.12. The van der Waals surface area contributed by atoms with E-state index in [1.54, 1.807) is 25.0 Å². The Balaban J connectivity index is 1.68. The van der Waals surface area contributed by atoms with Crippen LogP contribution in [0.1, 0.15) is 23.2 Å². The Morgan fingerprint density at radius 1 is 1.23 bits per heavy atom. The number of hydrogen-bond donors (Lipinski definition) is 1. The fraction of sp³-hybridized carbons (Fsp3) is 0.409. The Morgan fingerprint density at radius 2 is 2.00 bits per heavy atom. The van der Waals surface area contributed by atoms with Crippen LogP contribution < -0.4 is 14.8 Å². The van der Waals surface area contributed by atoms with Crippen molar-refractivity contribution < 1.29 is 23.4 Å². The van der Waals surface area contributed by atoms with Gasteiger partial charge in [0.15, 0.2) is 17.2 Å². The molecule has 0 bridgehead atoms. The van der Waals surface area contributed by atoms with Crippen LogP contribution in [0.4, 0.5) is 10.1 Å². The maximum Gasteiger partial charge on any atom is 0.242 e. The summed E-state index contributed by atoms with van der Waals surface area (Å²) in [5.74, 6) is -0.133. The SMILES string of the molecule is COCCOc1ccc(NC(=O)CCc2c(C)nc3c(c(OC)nn3C)c2C)cc1F. The number of amides is 1. The summed E-state index contributed by atoms with van der Waals surface area (Å²) < 4.78 is 31.4. The summed E-state index contributed by atoms with van der Waals surface area (Å²) in [5, 5.41) is 7.92. The first-order valence-electron chi connectivity index (χ1n) is 9.93. The van der Waals surface area contributed by atoms with Crippen molar-refractivity contribution in [1.82, 2.24) is 14.8 Å². The predicted molar refractivity (Wildman–Crippen MR) is 115 cm³/mol. The number of carbonyl (C=O) groups excluding carboxylic acids is 1. The van der Waals surface area contributed by atoms with Gasteiger partial charge in [0.1, 0.15) is 6.61 Å². The van der Waals surface area contributed by atoms with E-state index < -0.39 is 5.82 Å². The van der Waals surface area contributed by atoms with Crippen molar-refractivity contribution in [2.24, 2.45) is 7.05 Å². The van der Waals surface area contributed by atoms with E-state index in [0.29, 0.717) is 24.6 Å². The second-order valence-electron chi connectivity index (χ2n) is 7.17. The van der Waals surface area contributed by atoms with Gasteiger partial charge in [0.25, 0.3) is 0 Å². The topological polar surface area (TPSA) is 87.5 Å².